The molecule has 2 aliphatic rings. The van der Waals surface area contributed by atoms with Crippen LogP contribution in [0.3, 0.4) is 0 Å². The van der Waals surface area contributed by atoms with Gasteiger partial charge in [0, 0.05) is 18.7 Å². The molecule has 1 aromatic heterocycles. The number of nitrogens with two attached hydrogens (primary N) is 1. The standard InChI is InChI=1S/C20H32N4O3/c1-2-3-12-27-20-22-18(21)16-14-17(25)24(19(16)23-20)11-7-5-4-6-9-15-10-8-13-26-15/h15H,2-14H2,1H3,(H2,21,22,23). The van der Waals surface area contributed by atoms with Crippen molar-refractivity contribution in [3.05, 3.63) is 5.56 Å². The lowest BCUT2D eigenvalue weighted by Crippen LogP contribution is -2.28. The van der Waals surface area contributed by atoms with Gasteiger partial charge in [-0.25, -0.2) is 0 Å². The fourth-order valence-electron chi connectivity index (χ4n) is 3.70. The van der Waals surface area contributed by atoms with Crippen molar-refractivity contribution in [1.82, 2.24) is 9.97 Å². The van der Waals surface area contributed by atoms with E-state index in [0.29, 0.717) is 30.9 Å². The highest BCUT2D eigenvalue weighted by Gasteiger charge is 2.31. The van der Waals surface area contributed by atoms with Crippen molar-refractivity contribution in [3.63, 3.8) is 0 Å². The number of nitrogen functional groups attached to an aromatic ring is 1. The predicted octanol–water partition coefficient (Wildman–Crippen LogP) is 3.26. The van der Waals surface area contributed by atoms with Crippen molar-refractivity contribution >= 4 is 17.5 Å². The Labute approximate surface area is 161 Å². The molecule has 0 saturated carbocycles. The molecule has 2 aliphatic heterocycles. The third-order valence-electron chi connectivity index (χ3n) is 5.29. The molecule has 1 fully saturated rings. The van der Waals surface area contributed by atoms with E-state index >= 15 is 0 Å². The van der Waals surface area contributed by atoms with Crippen LogP contribution in [0.4, 0.5) is 11.6 Å². The lowest BCUT2D eigenvalue weighted by Gasteiger charge is -2.17. The number of nitrogens with zero attached hydrogens (tertiary/aromatic N) is 3. The topological polar surface area (TPSA) is 90.6 Å². The molecule has 0 bridgehead atoms. The molecule has 7 heteroatoms. The summed E-state index contributed by atoms with van der Waals surface area (Å²) in [6, 6.07) is 0.274. The van der Waals surface area contributed by atoms with Gasteiger partial charge >= 0.3 is 6.01 Å². The molecule has 0 aromatic carbocycles. The van der Waals surface area contributed by atoms with Crippen molar-refractivity contribution in [2.75, 3.05) is 30.4 Å². The van der Waals surface area contributed by atoms with Crippen LogP contribution >= 0.6 is 0 Å². The summed E-state index contributed by atoms with van der Waals surface area (Å²) >= 11 is 0. The molecule has 1 saturated heterocycles. The van der Waals surface area contributed by atoms with Crippen LogP contribution in [-0.2, 0) is 16.0 Å². The Bertz CT molecular complexity index is 632. The van der Waals surface area contributed by atoms with E-state index < -0.39 is 0 Å². The first-order valence-corrected chi connectivity index (χ1v) is 10.4. The molecule has 0 spiro atoms. The number of unbranched alkanes of at least 4 members (excludes halogenated alkanes) is 4. The number of hydrogen-bond acceptors (Lipinski definition) is 6. The van der Waals surface area contributed by atoms with Gasteiger partial charge in [-0.1, -0.05) is 32.6 Å². The van der Waals surface area contributed by atoms with E-state index in [1.165, 1.54) is 25.7 Å². The van der Waals surface area contributed by atoms with Crippen LogP contribution in [0.25, 0.3) is 0 Å². The number of anilines is 2. The zero-order chi connectivity index (χ0) is 19.1. The maximum Gasteiger partial charge on any atom is 0.320 e. The molecule has 1 unspecified atom stereocenters. The van der Waals surface area contributed by atoms with Crippen molar-refractivity contribution in [1.29, 1.82) is 0 Å². The van der Waals surface area contributed by atoms with E-state index in [9.17, 15) is 4.79 Å². The Morgan fingerprint density at radius 2 is 2.07 bits per heavy atom. The monoisotopic (exact) mass is 376 g/mol. The first kappa shape index (κ1) is 19.9. The summed E-state index contributed by atoms with van der Waals surface area (Å²) in [6.07, 6.45) is 10.8. The van der Waals surface area contributed by atoms with Crippen LogP contribution in [0.1, 0.15) is 70.3 Å². The van der Waals surface area contributed by atoms with E-state index in [4.69, 9.17) is 15.2 Å². The van der Waals surface area contributed by atoms with Gasteiger partial charge < -0.3 is 15.2 Å². The second-order valence-corrected chi connectivity index (χ2v) is 7.46. The van der Waals surface area contributed by atoms with Gasteiger partial charge in [0.15, 0.2) is 0 Å². The zero-order valence-corrected chi connectivity index (χ0v) is 16.4. The van der Waals surface area contributed by atoms with E-state index in [1.807, 2.05) is 0 Å². The molecular formula is C20H32N4O3. The van der Waals surface area contributed by atoms with E-state index in [-0.39, 0.29) is 18.3 Å². The number of amides is 1. The highest BCUT2D eigenvalue weighted by atomic mass is 16.5. The number of hydrogen-bond donors (Lipinski definition) is 1. The number of ether oxygens (including phenoxy) is 2. The van der Waals surface area contributed by atoms with Crippen molar-refractivity contribution < 1.29 is 14.3 Å². The van der Waals surface area contributed by atoms with Crippen molar-refractivity contribution in [2.45, 2.75) is 77.2 Å². The number of aromatic nitrogens is 2. The van der Waals surface area contributed by atoms with Crippen LogP contribution in [-0.4, -0.2) is 41.7 Å². The second kappa shape index (κ2) is 9.88. The maximum atomic E-state index is 12.4. The van der Waals surface area contributed by atoms with Gasteiger partial charge in [-0.3, -0.25) is 9.69 Å². The lowest BCUT2D eigenvalue weighted by molar-refractivity contribution is -0.117. The smallest absolute Gasteiger partial charge is 0.320 e. The molecule has 7 nitrogen and oxygen atoms in total. The molecule has 3 heterocycles. The Kier molecular flexibility index (Phi) is 7.26. The van der Waals surface area contributed by atoms with Gasteiger partial charge in [0.25, 0.3) is 0 Å². The summed E-state index contributed by atoms with van der Waals surface area (Å²) in [7, 11) is 0. The van der Waals surface area contributed by atoms with Crippen LogP contribution in [0.2, 0.25) is 0 Å². The Balaban J connectivity index is 1.47. The minimum Gasteiger partial charge on any atom is -0.463 e. The molecule has 2 N–H and O–H groups in total. The largest absolute Gasteiger partial charge is 0.463 e. The van der Waals surface area contributed by atoms with E-state index in [1.54, 1.807) is 4.90 Å². The highest BCUT2D eigenvalue weighted by molar-refractivity contribution is 6.01. The average Bonchev–Trinajstić information content (AvgIpc) is 3.27. The second-order valence-electron chi connectivity index (χ2n) is 7.46. The normalized spacial score (nSPS) is 18.9. The highest BCUT2D eigenvalue weighted by Crippen LogP contribution is 2.32. The van der Waals surface area contributed by atoms with Gasteiger partial charge in [-0.2, -0.15) is 9.97 Å². The molecule has 3 rings (SSSR count). The summed E-state index contributed by atoms with van der Waals surface area (Å²) in [4.78, 5) is 22.8. The summed E-state index contributed by atoms with van der Waals surface area (Å²) in [5.74, 6) is 1.05. The Morgan fingerprint density at radius 1 is 1.22 bits per heavy atom. The summed E-state index contributed by atoms with van der Waals surface area (Å²) in [5, 5.41) is 0. The van der Waals surface area contributed by atoms with Crippen LogP contribution in [0.15, 0.2) is 0 Å². The Hall–Kier alpha value is -1.89. The fourth-order valence-corrected chi connectivity index (χ4v) is 3.70. The fraction of sp³-hybridized carbons (Fsp3) is 0.750. The molecule has 1 amide bonds. The molecule has 1 atom stereocenters. The molecule has 0 radical (unpaired) electrons. The van der Waals surface area contributed by atoms with Crippen LogP contribution in [0.5, 0.6) is 6.01 Å². The summed E-state index contributed by atoms with van der Waals surface area (Å²) < 4.78 is 11.3. The van der Waals surface area contributed by atoms with Crippen LogP contribution < -0.4 is 15.4 Å². The maximum absolute atomic E-state index is 12.4. The predicted molar refractivity (Wildman–Crippen MR) is 105 cm³/mol. The Morgan fingerprint density at radius 3 is 2.85 bits per heavy atom. The number of rotatable bonds is 11. The number of carbonyl (C=O) groups excluding carboxylic acids is 1. The summed E-state index contributed by atoms with van der Waals surface area (Å²) in [6.45, 7) is 4.27. The molecule has 150 valence electrons. The average molecular weight is 377 g/mol. The third kappa shape index (κ3) is 5.31. The zero-order valence-electron chi connectivity index (χ0n) is 16.4. The third-order valence-corrected chi connectivity index (χ3v) is 5.29. The quantitative estimate of drug-likeness (QED) is 0.596. The SMILES string of the molecule is CCCCOc1nc(N)c2c(n1)N(CCCCCCC1CCCO1)C(=O)C2. The van der Waals surface area contributed by atoms with Gasteiger partial charge in [-0.05, 0) is 32.1 Å². The van der Waals surface area contributed by atoms with E-state index in [0.717, 1.165) is 44.3 Å². The molecule has 1 aromatic rings. The molecule has 27 heavy (non-hydrogen) atoms. The minimum absolute atomic E-state index is 0.0519. The minimum atomic E-state index is 0.0519. The molecular weight excluding hydrogens is 344 g/mol. The lowest BCUT2D eigenvalue weighted by atomic mass is 10.1. The van der Waals surface area contributed by atoms with Crippen molar-refractivity contribution in [3.8, 4) is 6.01 Å². The van der Waals surface area contributed by atoms with Crippen molar-refractivity contribution in [2.24, 2.45) is 0 Å². The van der Waals surface area contributed by atoms with E-state index in [2.05, 4.69) is 16.9 Å². The molecule has 0 aliphatic carbocycles. The number of carbonyl (C=O) groups is 1. The first-order valence-electron chi connectivity index (χ1n) is 10.4. The first-order chi connectivity index (χ1) is 13.2. The van der Waals surface area contributed by atoms with Gasteiger partial charge in [-0.15, -0.1) is 0 Å². The van der Waals surface area contributed by atoms with Gasteiger partial charge in [0.05, 0.1) is 19.1 Å². The summed E-state index contributed by atoms with van der Waals surface area (Å²) in [5.41, 5.74) is 6.77. The van der Waals surface area contributed by atoms with Gasteiger partial charge in [0.1, 0.15) is 11.6 Å². The van der Waals surface area contributed by atoms with Crippen LogP contribution in [0, 0.1) is 0 Å². The van der Waals surface area contributed by atoms with Gasteiger partial charge in [0.2, 0.25) is 5.91 Å². The number of fused-ring (bicyclic) bond motifs is 1.